The minimum absolute atomic E-state index is 0.141. The van der Waals surface area contributed by atoms with Crippen LogP contribution in [0.15, 0.2) is 18.2 Å². The molecular weight excluding hydrogens is 348 g/mol. The maximum absolute atomic E-state index is 12.8. The van der Waals surface area contributed by atoms with Crippen LogP contribution in [-0.4, -0.2) is 59.0 Å². The van der Waals surface area contributed by atoms with Gasteiger partial charge in [0.2, 0.25) is 11.8 Å². The molecule has 4 N–H and O–H groups in total. The molecule has 8 heteroatoms. The predicted molar refractivity (Wildman–Crippen MR) is 96.6 cm³/mol. The van der Waals surface area contributed by atoms with Crippen LogP contribution in [0, 0.1) is 0 Å². The third kappa shape index (κ3) is 3.60. The minimum Gasteiger partial charge on any atom is -0.395 e. The standard InChI is InChI=1S/C19H24N4O4/c24-10-14-6-13(8-21-14)20-7-11-1-2-12-9-23(19(27)15(12)5-11)16-3-4-17(25)22-18(16)26/h1-2,5,13-14,16,20-21,24H,3-4,6-10H2,(H,22,25,26)/t13-,14-,16?/m1/s1. The molecule has 0 saturated carbocycles. The van der Waals surface area contributed by atoms with Crippen molar-refractivity contribution in [2.45, 2.75) is 50.5 Å². The summed E-state index contributed by atoms with van der Waals surface area (Å²) in [6.07, 6.45) is 1.51. The minimum atomic E-state index is -0.579. The number of fused-ring (bicyclic) bond motifs is 1. The zero-order valence-corrected chi connectivity index (χ0v) is 15.0. The molecule has 4 rings (SSSR count). The van der Waals surface area contributed by atoms with E-state index in [1.54, 1.807) is 4.90 Å². The number of carbonyl (C=O) groups excluding carboxylic acids is 3. The van der Waals surface area contributed by atoms with E-state index in [-0.39, 0.29) is 36.8 Å². The summed E-state index contributed by atoms with van der Waals surface area (Å²) in [4.78, 5) is 37.8. The Kier molecular flexibility index (Phi) is 4.94. The van der Waals surface area contributed by atoms with Gasteiger partial charge in [0.25, 0.3) is 5.91 Å². The highest BCUT2D eigenvalue weighted by Crippen LogP contribution is 2.28. The number of benzene rings is 1. The largest absolute Gasteiger partial charge is 0.395 e. The molecule has 2 saturated heterocycles. The van der Waals surface area contributed by atoms with Crippen molar-refractivity contribution < 1.29 is 19.5 Å². The number of aliphatic hydroxyl groups excluding tert-OH is 1. The van der Waals surface area contributed by atoms with E-state index < -0.39 is 6.04 Å². The van der Waals surface area contributed by atoms with Crippen molar-refractivity contribution in [3.63, 3.8) is 0 Å². The molecule has 144 valence electrons. The van der Waals surface area contributed by atoms with Gasteiger partial charge in [0, 0.05) is 43.7 Å². The van der Waals surface area contributed by atoms with Crippen LogP contribution in [0.4, 0.5) is 0 Å². The average molecular weight is 372 g/mol. The fraction of sp³-hybridized carbons (Fsp3) is 0.526. The van der Waals surface area contributed by atoms with Crippen LogP contribution in [0.3, 0.4) is 0 Å². The van der Waals surface area contributed by atoms with Crippen molar-refractivity contribution in [3.8, 4) is 0 Å². The summed E-state index contributed by atoms with van der Waals surface area (Å²) in [6.45, 7) is 2.00. The lowest BCUT2D eigenvalue weighted by atomic mass is 10.0. The van der Waals surface area contributed by atoms with E-state index in [1.165, 1.54) is 0 Å². The summed E-state index contributed by atoms with van der Waals surface area (Å²) in [5.74, 6) is -0.815. The van der Waals surface area contributed by atoms with E-state index in [2.05, 4.69) is 16.0 Å². The third-order valence-electron chi connectivity index (χ3n) is 5.63. The second-order valence-corrected chi connectivity index (χ2v) is 7.49. The highest BCUT2D eigenvalue weighted by Gasteiger charge is 2.39. The summed E-state index contributed by atoms with van der Waals surface area (Å²) in [5, 5.41) is 18.2. The summed E-state index contributed by atoms with van der Waals surface area (Å²) in [6, 6.07) is 5.70. The van der Waals surface area contributed by atoms with Gasteiger partial charge in [0.05, 0.1) is 6.61 Å². The number of rotatable bonds is 5. The quantitative estimate of drug-likeness (QED) is 0.507. The number of imide groups is 1. The fourth-order valence-corrected chi connectivity index (χ4v) is 4.09. The Morgan fingerprint density at radius 1 is 1.26 bits per heavy atom. The second-order valence-electron chi connectivity index (χ2n) is 7.49. The van der Waals surface area contributed by atoms with Gasteiger partial charge >= 0.3 is 0 Å². The van der Waals surface area contributed by atoms with Crippen LogP contribution in [-0.2, 0) is 22.7 Å². The third-order valence-corrected chi connectivity index (χ3v) is 5.63. The molecule has 0 spiro atoms. The number of aliphatic hydroxyl groups is 1. The molecule has 3 aliphatic rings. The van der Waals surface area contributed by atoms with Gasteiger partial charge in [-0.3, -0.25) is 19.7 Å². The molecule has 1 aromatic rings. The Labute approximate surface area is 157 Å². The molecule has 2 fully saturated rings. The number of carbonyl (C=O) groups is 3. The van der Waals surface area contributed by atoms with Crippen molar-refractivity contribution in [3.05, 3.63) is 34.9 Å². The van der Waals surface area contributed by atoms with Crippen LogP contribution in [0.25, 0.3) is 0 Å². The first-order valence-electron chi connectivity index (χ1n) is 9.39. The van der Waals surface area contributed by atoms with Crippen LogP contribution >= 0.6 is 0 Å². The molecule has 8 nitrogen and oxygen atoms in total. The molecule has 3 heterocycles. The predicted octanol–water partition coefficient (Wildman–Crippen LogP) is -0.740. The number of nitrogens with one attached hydrogen (secondary N) is 3. The van der Waals surface area contributed by atoms with Crippen LogP contribution < -0.4 is 16.0 Å². The highest BCUT2D eigenvalue weighted by molar-refractivity contribution is 6.05. The lowest BCUT2D eigenvalue weighted by Gasteiger charge is -2.29. The first kappa shape index (κ1) is 18.1. The van der Waals surface area contributed by atoms with E-state index in [1.807, 2.05) is 18.2 Å². The summed E-state index contributed by atoms with van der Waals surface area (Å²) in [7, 11) is 0. The van der Waals surface area contributed by atoms with Gasteiger partial charge in [0.15, 0.2) is 0 Å². The van der Waals surface area contributed by atoms with E-state index >= 15 is 0 Å². The lowest BCUT2D eigenvalue weighted by Crippen LogP contribution is -2.52. The van der Waals surface area contributed by atoms with Gasteiger partial charge in [-0.25, -0.2) is 0 Å². The van der Waals surface area contributed by atoms with Crippen LogP contribution in [0.2, 0.25) is 0 Å². The van der Waals surface area contributed by atoms with E-state index in [0.29, 0.717) is 31.1 Å². The molecule has 3 atom stereocenters. The van der Waals surface area contributed by atoms with Crippen molar-refractivity contribution in [2.75, 3.05) is 13.2 Å². The van der Waals surface area contributed by atoms with Gasteiger partial charge < -0.3 is 20.6 Å². The highest BCUT2D eigenvalue weighted by atomic mass is 16.3. The van der Waals surface area contributed by atoms with E-state index in [9.17, 15) is 19.5 Å². The molecule has 0 bridgehead atoms. The van der Waals surface area contributed by atoms with Crippen LogP contribution in [0.1, 0.15) is 40.7 Å². The van der Waals surface area contributed by atoms with Gasteiger partial charge in [0.1, 0.15) is 6.04 Å². The van der Waals surface area contributed by atoms with Crippen molar-refractivity contribution >= 4 is 17.7 Å². The Hall–Kier alpha value is -2.29. The maximum atomic E-state index is 12.8. The maximum Gasteiger partial charge on any atom is 0.255 e. The fourth-order valence-electron chi connectivity index (χ4n) is 4.09. The zero-order chi connectivity index (χ0) is 19.0. The summed E-state index contributed by atoms with van der Waals surface area (Å²) >= 11 is 0. The molecule has 27 heavy (non-hydrogen) atoms. The Morgan fingerprint density at radius 2 is 2.11 bits per heavy atom. The SMILES string of the molecule is O=C1CCC(N2Cc3ccc(CN[C@H]4CN[C@@H](CO)C4)cc3C2=O)C(=O)N1. The Balaban J connectivity index is 1.41. The number of hydrogen-bond acceptors (Lipinski definition) is 6. The van der Waals surface area contributed by atoms with Gasteiger partial charge in [-0.1, -0.05) is 12.1 Å². The second kappa shape index (κ2) is 7.38. The first-order valence-corrected chi connectivity index (χ1v) is 9.39. The molecule has 1 unspecified atom stereocenters. The van der Waals surface area contributed by atoms with E-state index in [4.69, 9.17) is 0 Å². The smallest absolute Gasteiger partial charge is 0.255 e. The van der Waals surface area contributed by atoms with Crippen molar-refractivity contribution in [1.82, 2.24) is 20.9 Å². The van der Waals surface area contributed by atoms with Gasteiger partial charge in [-0.2, -0.15) is 0 Å². The zero-order valence-electron chi connectivity index (χ0n) is 15.0. The van der Waals surface area contributed by atoms with Gasteiger partial charge in [-0.15, -0.1) is 0 Å². The lowest BCUT2D eigenvalue weighted by molar-refractivity contribution is -0.136. The van der Waals surface area contributed by atoms with Crippen molar-refractivity contribution in [1.29, 1.82) is 0 Å². The Morgan fingerprint density at radius 3 is 2.85 bits per heavy atom. The molecule has 0 aromatic heterocycles. The molecule has 0 radical (unpaired) electrons. The molecule has 0 aliphatic carbocycles. The number of nitrogens with zero attached hydrogens (tertiary/aromatic N) is 1. The number of hydrogen-bond donors (Lipinski definition) is 4. The normalized spacial score (nSPS) is 27.8. The number of piperidine rings is 1. The average Bonchev–Trinajstić information content (AvgIpc) is 3.25. The molecule has 3 amide bonds. The summed E-state index contributed by atoms with van der Waals surface area (Å²) < 4.78 is 0. The van der Waals surface area contributed by atoms with Crippen molar-refractivity contribution in [2.24, 2.45) is 0 Å². The van der Waals surface area contributed by atoms with E-state index in [0.717, 1.165) is 24.1 Å². The monoisotopic (exact) mass is 372 g/mol. The summed E-state index contributed by atoms with van der Waals surface area (Å²) in [5.41, 5.74) is 2.56. The molecular formula is C19H24N4O4. The number of amides is 3. The van der Waals surface area contributed by atoms with Crippen LogP contribution in [0.5, 0.6) is 0 Å². The molecule has 3 aliphatic heterocycles. The topological polar surface area (TPSA) is 111 Å². The van der Waals surface area contributed by atoms with Gasteiger partial charge in [-0.05, 0) is 30.0 Å². The molecule has 1 aromatic carbocycles. The first-order chi connectivity index (χ1) is 13.0. The Bertz CT molecular complexity index is 781.